The summed E-state index contributed by atoms with van der Waals surface area (Å²) in [5, 5.41) is 0.615. The lowest BCUT2D eigenvalue weighted by molar-refractivity contribution is 0.411. The molecule has 0 aliphatic carbocycles. The number of rotatable bonds is 1. The van der Waals surface area contributed by atoms with Crippen LogP contribution in [0.25, 0.3) is 0 Å². The monoisotopic (exact) mass is 157 g/mol. The molecule has 0 spiro atoms. The first-order valence-corrected chi connectivity index (χ1v) is 3.30. The standard InChI is InChI=1S/C8H7ClF/c1-6(10)7-2-4-8(9)5-3-7/h2-6H,1H2. The number of hydrogen-bond acceptors (Lipinski definition) is 0. The van der Waals surface area contributed by atoms with Gasteiger partial charge in [-0.25, -0.2) is 4.39 Å². The number of benzene rings is 1. The summed E-state index contributed by atoms with van der Waals surface area (Å²) in [5.41, 5.74) is 0.560. The van der Waals surface area contributed by atoms with Gasteiger partial charge >= 0.3 is 0 Å². The van der Waals surface area contributed by atoms with Gasteiger partial charge in [0.15, 0.2) is 0 Å². The Balaban J connectivity index is 2.89. The van der Waals surface area contributed by atoms with E-state index in [1.54, 1.807) is 24.3 Å². The van der Waals surface area contributed by atoms with Gasteiger partial charge in [-0.2, -0.15) is 0 Å². The highest BCUT2D eigenvalue weighted by Crippen LogP contribution is 2.17. The van der Waals surface area contributed by atoms with Crippen LogP contribution in [0.2, 0.25) is 5.02 Å². The molecule has 0 aromatic heterocycles. The van der Waals surface area contributed by atoms with Crippen molar-refractivity contribution >= 4 is 11.6 Å². The molecule has 53 valence electrons. The Hall–Kier alpha value is -0.560. The molecule has 0 saturated heterocycles. The van der Waals surface area contributed by atoms with Gasteiger partial charge in [-0.05, 0) is 24.6 Å². The topological polar surface area (TPSA) is 0 Å². The van der Waals surface area contributed by atoms with Crippen molar-refractivity contribution in [1.82, 2.24) is 0 Å². The summed E-state index contributed by atoms with van der Waals surface area (Å²) < 4.78 is 12.4. The fourth-order valence-corrected chi connectivity index (χ4v) is 0.798. The molecule has 0 saturated carbocycles. The summed E-state index contributed by atoms with van der Waals surface area (Å²) in [5.74, 6) is 0. The third-order valence-corrected chi connectivity index (χ3v) is 1.48. The first kappa shape index (κ1) is 7.55. The van der Waals surface area contributed by atoms with Crippen LogP contribution in [0, 0.1) is 6.92 Å². The molecule has 0 amide bonds. The molecule has 1 rings (SSSR count). The molecular weight excluding hydrogens is 151 g/mol. The summed E-state index contributed by atoms with van der Waals surface area (Å²) in [6.07, 6.45) is -1.16. The van der Waals surface area contributed by atoms with Crippen molar-refractivity contribution in [2.45, 2.75) is 6.17 Å². The Labute approximate surface area is 64.6 Å². The fraction of sp³-hybridized carbons (Fsp3) is 0.125. The van der Waals surface area contributed by atoms with Crippen LogP contribution in [0.5, 0.6) is 0 Å². The Morgan fingerprint density at radius 1 is 1.30 bits per heavy atom. The van der Waals surface area contributed by atoms with Crippen LogP contribution in [0.1, 0.15) is 11.7 Å². The van der Waals surface area contributed by atoms with Crippen LogP contribution in [0.15, 0.2) is 24.3 Å². The average Bonchev–Trinajstić information content (AvgIpc) is 1.88. The van der Waals surface area contributed by atoms with E-state index in [1.165, 1.54) is 0 Å². The predicted octanol–water partition coefficient (Wildman–Crippen LogP) is 3.18. The van der Waals surface area contributed by atoms with Crippen molar-refractivity contribution in [3.8, 4) is 0 Å². The molecular formula is C8H7ClF. The second-order valence-corrected chi connectivity index (χ2v) is 2.46. The highest BCUT2D eigenvalue weighted by Gasteiger charge is 2.00. The lowest BCUT2D eigenvalue weighted by Gasteiger charge is -1.99. The van der Waals surface area contributed by atoms with Gasteiger partial charge in [0, 0.05) is 5.02 Å². The summed E-state index contributed by atoms with van der Waals surface area (Å²) in [6, 6.07) is 6.54. The van der Waals surface area contributed by atoms with Crippen LogP contribution in [0.4, 0.5) is 4.39 Å². The molecule has 1 aromatic carbocycles. The van der Waals surface area contributed by atoms with E-state index in [2.05, 4.69) is 6.92 Å². The maximum absolute atomic E-state index is 12.4. The molecule has 0 fully saturated rings. The average molecular weight is 158 g/mol. The largest absolute Gasteiger partial charge is 0.242 e. The first-order chi connectivity index (χ1) is 4.70. The van der Waals surface area contributed by atoms with Gasteiger partial charge in [-0.15, -0.1) is 0 Å². The van der Waals surface area contributed by atoms with Crippen molar-refractivity contribution in [2.75, 3.05) is 0 Å². The van der Waals surface area contributed by atoms with Crippen molar-refractivity contribution in [3.05, 3.63) is 41.8 Å². The van der Waals surface area contributed by atoms with Gasteiger partial charge in [0.1, 0.15) is 6.17 Å². The van der Waals surface area contributed by atoms with E-state index in [-0.39, 0.29) is 0 Å². The highest BCUT2D eigenvalue weighted by molar-refractivity contribution is 6.30. The predicted molar refractivity (Wildman–Crippen MR) is 40.7 cm³/mol. The lowest BCUT2D eigenvalue weighted by atomic mass is 10.1. The SMILES string of the molecule is [CH2]C(F)c1ccc(Cl)cc1. The number of alkyl halides is 1. The first-order valence-electron chi connectivity index (χ1n) is 2.93. The molecule has 0 heterocycles. The highest BCUT2D eigenvalue weighted by atomic mass is 35.5. The Kier molecular flexibility index (Phi) is 2.28. The minimum atomic E-state index is -1.16. The Bertz CT molecular complexity index is 203. The summed E-state index contributed by atoms with van der Waals surface area (Å²) >= 11 is 5.57. The molecule has 1 aromatic rings. The van der Waals surface area contributed by atoms with Crippen molar-refractivity contribution in [2.24, 2.45) is 0 Å². The van der Waals surface area contributed by atoms with Gasteiger partial charge in [0.2, 0.25) is 0 Å². The van der Waals surface area contributed by atoms with E-state index in [4.69, 9.17) is 11.6 Å². The zero-order valence-corrected chi connectivity index (χ0v) is 6.11. The zero-order valence-electron chi connectivity index (χ0n) is 5.35. The Morgan fingerprint density at radius 3 is 2.20 bits per heavy atom. The Morgan fingerprint density at radius 2 is 1.80 bits per heavy atom. The molecule has 0 aliphatic rings. The molecule has 0 bridgehead atoms. The second kappa shape index (κ2) is 3.02. The summed E-state index contributed by atoms with van der Waals surface area (Å²) in [6.45, 7) is 3.23. The molecule has 10 heavy (non-hydrogen) atoms. The summed E-state index contributed by atoms with van der Waals surface area (Å²) in [4.78, 5) is 0. The smallest absolute Gasteiger partial charge is 0.125 e. The normalized spacial score (nSPS) is 13.1. The molecule has 1 unspecified atom stereocenters. The number of halogens is 2. The van der Waals surface area contributed by atoms with Crippen LogP contribution in [0.3, 0.4) is 0 Å². The van der Waals surface area contributed by atoms with E-state index in [1.807, 2.05) is 0 Å². The maximum atomic E-state index is 12.4. The van der Waals surface area contributed by atoms with E-state index in [0.717, 1.165) is 0 Å². The third kappa shape index (κ3) is 1.71. The van der Waals surface area contributed by atoms with Gasteiger partial charge in [0.25, 0.3) is 0 Å². The van der Waals surface area contributed by atoms with Crippen molar-refractivity contribution < 1.29 is 4.39 Å². The molecule has 0 aliphatic heterocycles. The van der Waals surface area contributed by atoms with Crippen molar-refractivity contribution in [1.29, 1.82) is 0 Å². The van der Waals surface area contributed by atoms with Gasteiger partial charge < -0.3 is 0 Å². The molecule has 2 heteroatoms. The van der Waals surface area contributed by atoms with E-state index < -0.39 is 6.17 Å². The minimum absolute atomic E-state index is 0.560. The van der Waals surface area contributed by atoms with Crippen LogP contribution in [-0.2, 0) is 0 Å². The third-order valence-electron chi connectivity index (χ3n) is 1.23. The maximum Gasteiger partial charge on any atom is 0.125 e. The summed E-state index contributed by atoms with van der Waals surface area (Å²) in [7, 11) is 0. The van der Waals surface area contributed by atoms with E-state index in [0.29, 0.717) is 10.6 Å². The van der Waals surface area contributed by atoms with Gasteiger partial charge in [0.05, 0.1) is 0 Å². The minimum Gasteiger partial charge on any atom is -0.242 e. The lowest BCUT2D eigenvalue weighted by Crippen LogP contribution is -1.82. The molecule has 0 nitrogen and oxygen atoms in total. The number of hydrogen-bond donors (Lipinski definition) is 0. The molecule has 1 radical (unpaired) electrons. The van der Waals surface area contributed by atoms with Crippen LogP contribution >= 0.6 is 11.6 Å². The van der Waals surface area contributed by atoms with Crippen LogP contribution < -0.4 is 0 Å². The molecule has 0 N–H and O–H groups in total. The molecule has 1 atom stereocenters. The zero-order chi connectivity index (χ0) is 7.56. The quantitative estimate of drug-likeness (QED) is 0.588. The fourth-order valence-electron chi connectivity index (χ4n) is 0.672. The van der Waals surface area contributed by atoms with E-state index in [9.17, 15) is 4.39 Å². The van der Waals surface area contributed by atoms with E-state index >= 15 is 0 Å². The van der Waals surface area contributed by atoms with Crippen LogP contribution in [-0.4, -0.2) is 0 Å². The van der Waals surface area contributed by atoms with Gasteiger partial charge in [-0.3, -0.25) is 0 Å². The van der Waals surface area contributed by atoms with Crippen molar-refractivity contribution in [3.63, 3.8) is 0 Å². The second-order valence-electron chi connectivity index (χ2n) is 2.02. The van der Waals surface area contributed by atoms with Gasteiger partial charge in [-0.1, -0.05) is 23.7 Å².